The van der Waals surface area contributed by atoms with Gasteiger partial charge >= 0.3 is 5.97 Å². The van der Waals surface area contributed by atoms with Crippen LogP contribution in [0.5, 0.6) is 0 Å². The van der Waals surface area contributed by atoms with Gasteiger partial charge in [-0.3, -0.25) is 4.79 Å². The van der Waals surface area contributed by atoms with Crippen LogP contribution < -0.4 is 5.32 Å². The normalized spacial score (nSPS) is 18.9. The summed E-state index contributed by atoms with van der Waals surface area (Å²) in [5.74, 6) is 0.653. The number of nitrogens with one attached hydrogen (secondary N) is 1. The van der Waals surface area contributed by atoms with E-state index in [9.17, 15) is 4.79 Å². The van der Waals surface area contributed by atoms with Crippen molar-refractivity contribution in [3.8, 4) is 0 Å². The molecule has 15 heavy (non-hydrogen) atoms. The summed E-state index contributed by atoms with van der Waals surface area (Å²) in [4.78, 5) is 11.5. The molecule has 0 aromatic rings. The summed E-state index contributed by atoms with van der Waals surface area (Å²) in [6.45, 7) is 7.93. The molecular formula is C12H23NO2. The van der Waals surface area contributed by atoms with Crippen LogP contribution in [0.25, 0.3) is 0 Å². The number of piperidine rings is 1. The van der Waals surface area contributed by atoms with Crippen LogP contribution in [0, 0.1) is 5.92 Å². The van der Waals surface area contributed by atoms with Crippen molar-refractivity contribution in [2.45, 2.75) is 52.1 Å². The molecule has 1 N–H and O–H groups in total. The maximum absolute atomic E-state index is 11.5. The van der Waals surface area contributed by atoms with Crippen LogP contribution in [0.1, 0.15) is 46.5 Å². The molecule has 0 amide bonds. The predicted molar refractivity (Wildman–Crippen MR) is 60.7 cm³/mol. The minimum atomic E-state index is -0.342. The van der Waals surface area contributed by atoms with E-state index in [-0.39, 0.29) is 11.6 Å². The fourth-order valence-electron chi connectivity index (χ4n) is 1.88. The van der Waals surface area contributed by atoms with Gasteiger partial charge in [0.25, 0.3) is 0 Å². The molecule has 0 atom stereocenters. The van der Waals surface area contributed by atoms with Crippen molar-refractivity contribution in [3.05, 3.63) is 0 Å². The molecule has 0 unspecified atom stereocenters. The first-order valence-corrected chi connectivity index (χ1v) is 5.90. The highest BCUT2D eigenvalue weighted by atomic mass is 16.6. The molecule has 0 spiro atoms. The van der Waals surface area contributed by atoms with Gasteiger partial charge in [0, 0.05) is 6.42 Å². The molecule has 88 valence electrons. The SMILES string of the molecule is CC(C)(C)OC(=O)CCC1CCNCC1. The Morgan fingerprint density at radius 2 is 1.93 bits per heavy atom. The van der Waals surface area contributed by atoms with E-state index in [1.807, 2.05) is 20.8 Å². The molecule has 3 heteroatoms. The second-order valence-corrected chi connectivity index (χ2v) is 5.32. The lowest BCUT2D eigenvalue weighted by Crippen LogP contribution is -2.29. The van der Waals surface area contributed by atoms with E-state index in [0.29, 0.717) is 12.3 Å². The van der Waals surface area contributed by atoms with Crippen LogP contribution in [0.4, 0.5) is 0 Å². The largest absolute Gasteiger partial charge is 0.460 e. The van der Waals surface area contributed by atoms with E-state index in [0.717, 1.165) is 19.5 Å². The molecule has 0 aliphatic carbocycles. The van der Waals surface area contributed by atoms with Gasteiger partial charge in [-0.2, -0.15) is 0 Å². The van der Waals surface area contributed by atoms with Crippen LogP contribution in [-0.2, 0) is 9.53 Å². The van der Waals surface area contributed by atoms with Crippen LogP contribution in [0.3, 0.4) is 0 Å². The van der Waals surface area contributed by atoms with Crippen LogP contribution >= 0.6 is 0 Å². The molecule has 1 rings (SSSR count). The fourth-order valence-corrected chi connectivity index (χ4v) is 1.88. The quantitative estimate of drug-likeness (QED) is 0.730. The number of carbonyl (C=O) groups excluding carboxylic acids is 1. The molecule has 1 aliphatic heterocycles. The lowest BCUT2D eigenvalue weighted by Gasteiger charge is -2.23. The number of ether oxygens (including phenoxy) is 1. The maximum Gasteiger partial charge on any atom is 0.306 e. The average Bonchev–Trinajstić information content (AvgIpc) is 2.14. The summed E-state index contributed by atoms with van der Waals surface area (Å²) in [5.41, 5.74) is -0.342. The first kappa shape index (κ1) is 12.5. The minimum Gasteiger partial charge on any atom is -0.460 e. The Balaban J connectivity index is 2.15. The van der Waals surface area contributed by atoms with Gasteiger partial charge in [-0.25, -0.2) is 0 Å². The van der Waals surface area contributed by atoms with Gasteiger partial charge < -0.3 is 10.1 Å². The molecule has 1 heterocycles. The first-order chi connectivity index (χ1) is 6.97. The Labute approximate surface area is 92.6 Å². The molecule has 0 bridgehead atoms. The summed E-state index contributed by atoms with van der Waals surface area (Å²) in [6, 6.07) is 0. The number of esters is 1. The molecule has 3 nitrogen and oxygen atoms in total. The summed E-state index contributed by atoms with van der Waals surface area (Å²) in [6.07, 6.45) is 3.95. The van der Waals surface area contributed by atoms with E-state index in [1.165, 1.54) is 12.8 Å². The smallest absolute Gasteiger partial charge is 0.306 e. The van der Waals surface area contributed by atoms with Crippen LogP contribution in [0.2, 0.25) is 0 Å². The monoisotopic (exact) mass is 213 g/mol. The number of carbonyl (C=O) groups is 1. The highest BCUT2D eigenvalue weighted by Crippen LogP contribution is 2.19. The fraction of sp³-hybridized carbons (Fsp3) is 0.917. The lowest BCUT2D eigenvalue weighted by atomic mass is 9.93. The highest BCUT2D eigenvalue weighted by molar-refractivity contribution is 5.69. The summed E-state index contributed by atoms with van der Waals surface area (Å²) < 4.78 is 5.27. The molecular weight excluding hydrogens is 190 g/mol. The Kier molecular flexibility index (Phi) is 4.58. The van der Waals surface area contributed by atoms with E-state index < -0.39 is 0 Å². The molecule has 0 radical (unpaired) electrons. The lowest BCUT2D eigenvalue weighted by molar-refractivity contribution is -0.155. The van der Waals surface area contributed by atoms with Crippen molar-refractivity contribution in [1.29, 1.82) is 0 Å². The topological polar surface area (TPSA) is 38.3 Å². The predicted octanol–water partition coefficient (Wildman–Crippen LogP) is 2.11. The van der Waals surface area contributed by atoms with Crippen molar-refractivity contribution in [2.24, 2.45) is 5.92 Å². The highest BCUT2D eigenvalue weighted by Gasteiger charge is 2.18. The zero-order valence-corrected chi connectivity index (χ0v) is 10.1. The average molecular weight is 213 g/mol. The molecule has 0 aromatic heterocycles. The van der Waals surface area contributed by atoms with Crippen molar-refractivity contribution < 1.29 is 9.53 Å². The van der Waals surface area contributed by atoms with Gasteiger partial charge in [0.05, 0.1) is 0 Å². The molecule has 0 aromatic carbocycles. The van der Waals surface area contributed by atoms with E-state index >= 15 is 0 Å². The van der Waals surface area contributed by atoms with E-state index in [4.69, 9.17) is 4.74 Å². The van der Waals surface area contributed by atoms with Crippen LogP contribution in [-0.4, -0.2) is 24.7 Å². The molecule has 1 saturated heterocycles. The minimum absolute atomic E-state index is 0.0546. The van der Waals surface area contributed by atoms with Crippen molar-refractivity contribution >= 4 is 5.97 Å². The first-order valence-electron chi connectivity index (χ1n) is 5.90. The zero-order chi connectivity index (χ0) is 11.3. The Morgan fingerprint density at radius 1 is 1.33 bits per heavy atom. The van der Waals surface area contributed by atoms with E-state index in [2.05, 4.69) is 5.32 Å². The zero-order valence-electron chi connectivity index (χ0n) is 10.1. The van der Waals surface area contributed by atoms with Gasteiger partial charge in [-0.05, 0) is 59.0 Å². The third-order valence-electron chi connectivity index (χ3n) is 2.64. The second-order valence-electron chi connectivity index (χ2n) is 5.32. The standard InChI is InChI=1S/C12H23NO2/c1-12(2,3)15-11(14)5-4-10-6-8-13-9-7-10/h10,13H,4-9H2,1-3H3. The van der Waals surface area contributed by atoms with Gasteiger partial charge in [0.15, 0.2) is 0 Å². The number of hydrogen-bond donors (Lipinski definition) is 1. The van der Waals surface area contributed by atoms with Crippen molar-refractivity contribution in [1.82, 2.24) is 5.32 Å². The second kappa shape index (κ2) is 5.50. The van der Waals surface area contributed by atoms with Gasteiger partial charge in [-0.1, -0.05) is 0 Å². The van der Waals surface area contributed by atoms with E-state index in [1.54, 1.807) is 0 Å². The third-order valence-corrected chi connectivity index (χ3v) is 2.64. The van der Waals surface area contributed by atoms with Crippen LogP contribution in [0.15, 0.2) is 0 Å². The summed E-state index contributed by atoms with van der Waals surface area (Å²) in [7, 11) is 0. The molecule has 1 aliphatic rings. The van der Waals surface area contributed by atoms with Gasteiger partial charge in [0.1, 0.15) is 5.60 Å². The Hall–Kier alpha value is -0.570. The summed E-state index contributed by atoms with van der Waals surface area (Å²) in [5, 5.41) is 3.32. The number of rotatable bonds is 3. The number of hydrogen-bond acceptors (Lipinski definition) is 3. The van der Waals surface area contributed by atoms with Gasteiger partial charge in [0.2, 0.25) is 0 Å². The molecule has 0 saturated carbocycles. The maximum atomic E-state index is 11.5. The van der Waals surface area contributed by atoms with Crippen molar-refractivity contribution in [2.75, 3.05) is 13.1 Å². The Morgan fingerprint density at radius 3 is 2.47 bits per heavy atom. The Bertz CT molecular complexity index is 202. The van der Waals surface area contributed by atoms with Crippen molar-refractivity contribution in [3.63, 3.8) is 0 Å². The molecule has 1 fully saturated rings. The summed E-state index contributed by atoms with van der Waals surface area (Å²) >= 11 is 0. The third kappa shape index (κ3) is 5.78. The van der Waals surface area contributed by atoms with Gasteiger partial charge in [-0.15, -0.1) is 0 Å².